The summed E-state index contributed by atoms with van der Waals surface area (Å²) < 4.78 is 0. The van der Waals surface area contributed by atoms with Crippen molar-refractivity contribution in [1.82, 2.24) is 4.90 Å². The highest BCUT2D eigenvalue weighted by Gasteiger charge is 2.39. The van der Waals surface area contributed by atoms with Gasteiger partial charge in [-0.1, -0.05) is 156 Å². The van der Waals surface area contributed by atoms with Gasteiger partial charge in [0.25, 0.3) is 0 Å². The molecule has 2 N–H and O–H groups in total. The summed E-state index contributed by atoms with van der Waals surface area (Å²) in [6, 6.07) is 5.85. The fourth-order valence-electron chi connectivity index (χ4n) is 8.40. The molecule has 0 fully saturated rings. The first kappa shape index (κ1) is 50.4. The molecule has 2 amide bonds. The van der Waals surface area contributed by atoms with E-state index in [2.05, 4.69) is 47.8 Å². The van der Waals surface area contributed by atoms with E-state index < -0.39 is 0 Å². The van der Waals surface area contributed by atoms with Crippen LogP contribution in [0.25, 0.3) is 5.57 Å². The van der Waals surface area contributed by atoms with Crippen molar-refractivity contribution < 1.29 is 19.5 Å². The second-order valence-electron chi connectivity index (χ2n) is 17.2. The number of amides is 2. The number of benzene rings is 1. The number of aliphatic hydroxyl groups excluding tert-OH is 1. The Labute approximate surface area is 365 Å². The highest BCUT2D eigenvalue weighted by molar-refractivity contribution is 6.42. The number of hydrogen-bond acceptors (Lipinski definition) is 6. The number of nitrogens with one attached hydrogen (secondary N) is 1. The number of allylic oxidation sites excluding steroid dienone is 6. The molecular formula is C52H82N4O4. The fraction of sp³-hybridized carbons (Fsp3) is 0.654. The van der Waals surface area contributed by atoms with Crippen molar-refractivity contribution >= 4 is 40.3 Å². The van der Waals surface area contributed by atoms with Crippen LogP contribution in [0, 0.1) is 0 Å². The third-order valence-electron chi connectivity index (χ3n) is 11.9. The number of unbranched alkanes of at least 4 members (excludes halogenated alkanes) is 20. The molecule has 0 unspecified atom stereocenters. The van der Waals surface area contributed by atoms with E-state index in [1.165, 1.54) is 142 Å². The standard InChI is InChI=1S/C52H82N4O4/c1-7-11-15-19-23-27-35-55(36-28-24-20-16-12-8-2)43-31-33-45(47(39-43)53-41(5)57)49-51(59)50(52(49)60)46-34-32-44(40-48(46)54-42(6)58)56(37-29-25-21-17-13-9-3)38-30-26-22-18-14-10-4/h31-34,39-40,59H,7-30,35-38H2,1-6H3,(H,53,57). The van der Waals surface area contributed by atoms with Crippen molar-refractivity contribution in [3.63, 3.8) is 0 Å². The molecule has 2 aliphatic carbocycles. The van der Waals surface area contributed by atoms with Crippen LogP contribution in [0.3, 0.4) is 0 Å². The molecule has 2 aliphatic rings. The van der Waals surface area contributed by atoms with Crippen LogP contribution in [0.4, 0.5) is 11.4 Å². The van der Waals surface area contributed by atoms with Crippen LogP contribution in [0.5, 0.6) is 0 Å². The van der Waals surface area contributed by atoms with E-state index in [0.29, 0.717) is 22.5 Å². The zero-order valence-electron chi connectivity index (χ0n) is 38.8. The molecule has 0 bridgehead atoms. The molecular weight excluding hydrogens is 745 g/mol. The van der Waals surface area contributed by atoms with Crippen LogP contribution in [-0.4, -0.2) is 59.5 Å². The summed E-state index contributed by atoms with van der Waals surface area (Å²) >= 11 is 0. The molecule has 0 aromatic heterocycles. The van der Waals surface area contributed by atoms with Gasteiger partial charge in [-0.2, -0.15) is 0 Å². The summed E-state index contributed by atoms with van der Waals surface area (Å²) in [6.45, 7) is 15.5. The number of aliphatic hydroxyl groups is 1. The molecule has 1 aromatic carbocycles. The second-order valence-corrected chi connectivity index (χ2v) is 17.2. The maximum absolute atomic E-state index is 14.2. The van der Waals surface area contributed by atoms with Crippen molar-refractivity contribution in [2.24, 2.45) is 4.99 Å². The van der Waals surface area contributed by atoms with Gasteiger partial charge in [-0.25, -0.2) is 4.99 Å². The van der Waals surface area contributed by atoms with Gasteiger partial charge in [-0.15, -0.1) is 0 Å². The number of rotatable bonds is 32. The topological polar surface area (TPSA) is 102 Å². The lowest BCUT2D eigenvalue weighted by Crippen LogP contribution is -2.29. The third-order valence-corrected chi connectivity index (χ3v) is 11.9. The zero-order chi connectivity index (χ0) is 43.5. The van der Waals surface area contributed by atoms with Crippen LogP contribution in [-0.2, 0) is 14.4 Å². The molecule has 334 valence electrons. The SMILES string of the molecule is CCCCCCCCN(CCCCCCCC)C1=CC(=NC(C)=O)C(=C2C(=O)C(c3ccc(N(CCCCCCCC)CCCCCCCC)cc3NC(C)=O)=C2O)C=C1. The second kappa shape index (κ2) is 29.3. The molecule has 0 aliphatic heterocycles. The molecule has 0 heterocycles. The lowest BCUT2D eigenvalue weighted by molar-refractivity contribution is -0.116. The van der Waals surface area contributed by atoms with Crippen molar-refractivity contribution in [2.75, 3.05) is 36.4 Å². The molecule has 0 spiro atoms. The maximum Gasteiger partial charge on any atom is 0.243 e. The number of ketones is 1. The van der Waals surface area contributed by atoms with E-state index >= 15 is 0 Å². The summed E-state index contributed by atoms with van der Waals surface area (Å²) in [7, 11) is 0. The number of carbonyl (C=O) groups is 3. The minimum atomic E-state index is -0.363. The van der Waals surface area contributed by atoms with Crippen molar-refractivity contribution in [1.29, 1.82) is 0 Å². The largest absolute Gasteiger partial charge is 0.506 e. The number of Topliss-reactive ketones (excluding diaryl/α,β-unsaturated/α-hetero) is 1. The molecule has 0 atom stereocenters. The highest BCUT2D eigenvalue weighted by Crippen LogP contribution is 2.43. The molecule has 1 aromatic rings. The average molecular weight is 827 g/mol. The minimum Gasteiger partial charge on any atom is -0.506 e. The Kier molecular flexibility index (Phi) is 24.7. The summed E-state index contributed by atoms with van der Waals surface area (Å²) in [4.78, 5) is 48.4. The first-order valence-corrected chi connectivity index (χ1v) is 24.3. The van der Waals surface area contributed by atoms with Crippen molar-refractivity contribution in [3.8, 4) is 0 Å². The van der Waals surface area contributed by atoms with Crippen LogP contribution in [0.1, 0.15) is 201 Å². The molecule has 0 radical (unpaired) electrons. The molecule has 8 heteroatoms. The van der Waals surface area contributed by atoms with Gasteiger partial charge in [0.15, 0.2) is 0 Å². The van der Waals surface area contributed by atoms with E-state index in [9.17, 15) is 19.5 Å². The van der Waals surface area contributed by atoms with Gasteiger partial charge >= 0.3 is 0 Å². The molecule has 3 rings (SSSR count). The van der Waals surface area contributed by atoms with Gasteiger partial charge in [0.05, 0.1) is 22.5 Å². The normalized spacial score (nSPS) is 15.7. The Morgan fingerprint density at radius 3 is 1.48 bits per heavy atom. The summed E-state index contributed by atoms with van der Waals surface area (Å²) in [5.41, 5.74) is 4.14. The predicted octanol–water partition coefficient (Wildman–Crippen LogP) is 13.8. The quantitative estimate of drug-likeness (QED) is 0.0554. The Morgan fingerprint density at radius 1 is 0.600 bits per heavy atom. The van der Waals surface area contributed by atoms with E-state index in [1.54, 1.807) is 0 Å². The third kappa shape index (κ3) is 17.2. The van der Waals surface area contributed by atoms with Gasteiger partial charge in [-0.3, -0.25) is 14.4 Å². The van der Waals surface area contributed by atoms with Crippen LogP contribution in [0.15, 0.2) is 64.0 Å². The van der Waals surface area contributed by atoms with Crippen molar-refractivity contribution in [2.45, 2.75) is 196 Å². The number of aliphatic imine (C=N–C) groups is 1. The highest BCUT2D eigenvalue weighted by atomic mass is 16.3. The molecule has 0 saturated heterocycles. The van der Waals surface area contributed by atoms with E-state index in [1.807, 2.05) is 36.4 Å². The first-order valence-electron chi connectivity index (χ1n) is 24.3. The maximum atomic E-state index is 14.2. The summed E-state index contributed by atoms with van der Waals surface area (Å²) in [6.07, 6.45) is 34.9. The van der Waals surface area contributed by atoms with Gasteiger partial charge in [0, 0.05) is 62.5 Å². The van der Waals surface area contributed by atoms with Crippen molar-refractivity contribution in [3.05, 3.63) is 64.6 Å². The van der Waals surface area contributed by atoms with Crippen LogP contribution in [0.2, 0.25) is 0 Å². The van der Waals surface area contributed by atoms with Crippen LogP contribution < -0.4 is 10.2 Å². The number of carbonyl (C=O) groups excluding carboxylic acids is 3. The first-order chi connectivity index (χ1) is 29.2. The summed E-state index contributed by atoms with van der Waals surface area (Å²) in [5.74, 6) is -1.07. The van der Waals surface area contributed by atoms with Gasteiger partial charge in [-0.05, 0) is 62.1 Å². The van der Waals surface area contributed by atoms with Gasteiger partial charge < -0.3 is 20.2 Å². The Bertz CT molecular complexity index is 1620. The zero-order valence-corrected chi connectivity index (χ0v) is 38.8. The number of anilines is 2. The summed E-state index contributed by atoms with van der Waals surface area (Å²) in [5, 5.41) is 14.7. The predicted molar refractivity (Wildman–Crippen MR) is 255 cm³/mol. The lowest BCUT2D eigenvalue weighted by Gasteiger charge is -2.30. The van der Waals surface area contributed by atoms with Crippen LogP contribution >= 0.6 is 0 Å². The lowest BCUT2D eigenvalue weighted by atomic mass is 9.78. The monoisotopic (exact) mass is 827 g/mol. The fourth-order valence-corrected chi connectivity index (χ4v) is 8.40. The van der Waals surface area contributed by atoms with E-state index in [0.717, 1.165) is 63.2 Å². The smallest absolute Gasteiger partial charge is 0.243 e. The van der Waals surface area contributed by atoms with Gasteiger partial charge in [0.1, 0.15) is 5.76 Å². The average Bonchev–Trinajstić information content (AvgIpc) is 3.22. The molecule has 0 saturated carbocycles. The number of nitrogens with zero attached hydrogens (tertiary/aromatic N) is 3. The number of hydrogen-bond donors (Lipinski definition) is 2. The van der Waals surface area contributed by atoms with E-state index in [-0.39, 0.29) is 34.5 Å². The Morgan fingerprint density at radius 2 is 1.05 bits per heavy atom. The van der Waals surface area contributed by atoms with Gasteiger partial charge in [0.2, 0.25) is 17.6 Å². The van der Waals surface area contributed by atoms with E-state index in [4.69, 9.17) is 0 Å². The molecule has 60 heavy (non-hydrogen) atoms. The Balaban J connectivity index is 1.92. The Hall–Kier alpha value is -3.94. The molecule has 8 nitrogen and oxygen atoms in total. The minimum absolute atomic E-state index is 0.140.